The van der Waals surface area contributed by atoms with E-state index in [-0.39, 0.29) is 12.6 Å². The number of methoxy groups -OCH3 is 1. The number of rotatable bonds is 2. The number of fused-ring (bicyclic) bond motifs is 1. The molecule has 15 heavy (non-hydrogen) atoms. The van der Waals surface area contributed by atoms with Crippen LogP contribution in [0.3, 0.4) is 0 Å². The summed E-state index contributed by atoms with van der Waals surface area (Å²) in [5.74, 6) is 1.26. The lowest BCUT2D eigenvalue weighted by atomic mass is 10.1. The van der Waals surface area contributed by atoms with Crippen LogP contribution in [0.5, 0.6) is 11.5 Å². The van der Waals surface area contributed by atoms with Crippen LogP contribution in [0.15, 0.2) is 12.1 Å². The summed E-state index contributed by atoms with van der Waals surface area (Å²) in [7, 11) is 1.55. The topological polar surface area (TPSA) is 77.6 Å². The van der Waals surface area contributed by atoms with E-state index in [0.717, 1.165) is 5.56 Å². The molecule has 0 bridgehead atoms. The minimum Gasteiger partial charge on any atom is -0.493 e. The first-order valence-corrected chi connectivity index (χ1v) is 4.48. The van der Waals surface area contributed by atoms with Gasteiger partial charge >= 0.3 is 0 Å². The smallest absolute Gasteiger partial charge is 0.189 e. The summed E-state index contributed by atoms with van der Waals surface area (Å²) >= 11 is 0. The Kier molecular flexibility index (Phi) is 2.47. The Hall–Kier alpha value is -1.75. The molecule has 1 aliphatic heterocycles. The number of hydrogen-bond donors (Lipinski definition) is 2. The molecule has 1 heterocycles. The number of amidine groups is 1. The minimum atomic E-state index is 0.00155. The maximum absolute atomic E-state index is 7.37. The van der Waals surface area contributed by atoms with E-state index in [1.807, 2.05) is 0 Å². The SMILES string of the molecule is COc1cc(C(=N)N)cc2c1OCOC2. The van der Waals surface area contributed by atoms with Crippen LogP contribution in [0, 0.1) is 5.41 Å². The van der Waals surface area contributed by atoms with Crippen molar-refractivity contribution >= 4 is 5.84 Å². The molecule has 0 atom stereocenters. The lowest BCUT2D eigenvalue weighted by molar-refractivity contribution is -0.0180. The van der Waals surface area contributed by atoms with Crippen molar-refractivity contribution in [3.05, 3.63) is 23.3 Å². The highest BCUT2D eigenvalue weighted by Crippen LogP contribution is 2.35. The van der Waals surface area contributed by atoms with Gasteiger partial charge in [-0.05, 0) is 12.1 Å². The van der Waals surface area contributed by atoms with Crippen LogP contribution in [0.2, 0.25) is 0 Å². The van der Waals surface area contributed by atoms with Crippen LogP contribution >= 0.6 is 0 Å². The van der Waals surface area contributed by atoms with E-state index >= 15 is 0 Å². The fourth-order valence-electron chi connectivity index (χ4n) is 1.49. The average Bonchev–Trinajstić information content (AvgIpc) is 2.27. The lowest BCUT2D eigenvalue weighted by Crippen LogP contribution is -2.16. The molecule has 0 saturated carbocycles. The standard InChI is InChI=1S/C10H12N2O3/c1-13-8-3-6(10(11)12)2-7-4-14-5-15-9(7)8/h2-3H,4-5H2,1H3,(H3,11,12). The molecular weight excluding hydrogens is 196 g/mol. The second kappa shape index (κ2) is 3.78. The predicted octanol–water partition coefficient (Wildman–Crippen LogP) is 0.846. The Labute approximate surface area is 87.3 Å². The molecule has 0 amide bonds. The molecule has 1 aromatic rings. The maximum Gasteiger partial charge on any atom is 0.189 e. The molecule has 0 aliphatic carbocycles. The molecule has 3 N–H and O–H groups in total. The zero-order valence-corrected chi connectivity index (χ0v) is 8.37. The summed E-state index contributed by atoms with van der Waals surface area (Å²) in [5.41, 5.74) is 6.88. The van der Waals surface area contributed by atoms with Crippen molar-refractivity contribution in [3.63, 3.8) is 0 Å². The number of nitrogens with one attached hydrogen (secondary N) is 1. The van der Waals surface area contributed by atoms with Crippen molar-refractivity contribution in [2.75, 3.05) is 13.9 Å². The third-order valence-electron chi connectivity index (χ3n) is 2.21. The van der Waals surface area contributed by atoms with Crippen LogP contribution < -0.4 is 15.2 Å². The molecule has 0 radical (unpaired) electrons. The van der Waals surface area contributed by atoms with Gasteiger partial charge in [-0.2, -0.15) is 0 Å². The summed E-state index contributed by atoms with van der Waals surface area (Å²) in [5, 5.41) is 7.37. The summed E-state index contributed by atoms with van der Waals surface area (Å²) in [6.45, 7) is 0.676. The van der Waals surface area contributed by atoms with E-state index in [1.165, 1.54) is 0 Å². The average molecular weight is 208 g/mol. The van der Waals surface area contributed by atoms with Crippen molar-refractivity contribution < 1.29 is 14.2 Å². The fourth-order valence-corrected chi connectivity index (χ4v) is 1.49. The van der Waals surface area contributed by atoms with Crippen molar-refractivity contribution in [1.29, 1.82) is 5.41 Å². The highest BCUT2D eigenvalue weighted by molar-refractivity contribution is 5.95. The van der Waals surface area contributed by atoms with Gasteiger partial charge in [-0.3, -0.25) is 5.41 Å². The van der Waals surface area contributed by atoms with Gasteiger partial charge in [-0.1, -0.05) is 0 Å². The minimum absolute atomic E-state index is 0.00155. The van der Waals surface area contributed by atoms with Gasteiger partial charge in [0.1, 0.15) is 5.84 Å². The summed E-state index contributed by atoms with van der Waals surface area (Å²) < 4.78 is 15.6. The fraction of sp³-hybridized carbons (Fsp3) is 0.300. The molecule has 1 aromatic carbocycles. The molecule has 0 spiro atoms. The normalized spacial score (nSPS) is 13.9. The molecule has 0 aromatic heterocycles. The molecule has 5 nitrogen and oxygen atoms in total. The van der Waals surface area contributed by atoms with Gasteiger partial charge < -0.3 is 19.9 Å². The summed E-state index contributed by atoms with van der Waals surface area (Å²) in [6, 6.07) is 3.46. The van der Waals surface area contributed by atoms with Gasteiger partial charge in [0, 0.05) is 11.1 Å². The third-order valence-corrected chi connectivity index (χ3v) is 2.21. The van der Waals surface area contributed by atoms with E-state index in [4.69, 9.17) is 25.4 Å². The van der Waals surface area contributed by atoms with Gasteiger partial charge in [0.15, 0.2) is 18.3 Å². The molecular formula is C10H12N2O3. The van der Waals surface area contributed by atoms with E-state index in [1.54, 1.807) is 19.2 Å². The monoisotopic (exact) mass is 208 g/mol. The Morgan fingerprint density at radius 3 is 3.00 bits per heavy atom. The molecule has 0 saturated heterocycles. The van der Waals surface area contributed by atoms with Crippen LogP contribution in [-0.2, 0) is 11.3 Å². The van der Waals surface area contributed by atoms with Gasteiger partial charge in [0.25, 0.3) is 0 Å². The van der Waals surface area contributed by atoms with Crippen molar-refractivity contribution in [2.45, 2.75) is 6.61 Å². The molecule has 5 heteroatoms. The first-order chi connectivity index (χ1) is 7.22. The van der Waals surface area contributed by atoms with Crippen LogP contribution in [0.1, 0.15) is 11.1 Å². The number of benzene rings is 1. The van der Waals surface area contributed by atoms with Crippen LogP contribution in [0.4, 0.5) is 0 Å². The van der Waals surface area contributed by atoms with E-state index < -0.39 is 0 Å². The van der Waals surface area contributed by atoms with Crippen molar-refractivity contribution in [2.24, 2.45) is 5.73 Å². The maximum atomic E-state index is 7.37. The number of hydrogen-bond acceptors (Lipinski definition) is 4. The van der Waals surface area contributed by atoms with Gasteiger partial charge in [0.05, 0.1) is 13.7 Å². The van der Waals surface area contributed by atoms with E-state index in [0.29, 0.717) is 23.7 Å². The second-order valence-electron chi connectivity index (χ2n) is 3.19. The molecule has 1 aliphatic rings. The molecule has 0 fully saturated rings. The largest absolute Gasteiger partial charge is 0.493 e. The number of nitrogens with two attached hydrogens (primary N) is 1. The summed E-state index contributed by atoms with van der Waals surface area (Å²) in [4.78, 5) is 0. The molecule has 2 rings (SSSR count). The third kappa shape index (κ3) is 1.73. The highest BCUT2D eigenvalue weighted by Gasteiger charge is 2.17. The predicted molar refractivity (Wildman–Crippen MR) is 54.3 cm³/mol. The van der Waals surface area contributed by atoms with E-state index in [2.05, 4.69) is 0 Å². The Morgan fingerprint density at radius 1 is 1.53 bits per heavy atom. The van der Waals surface area contributed by atoms with Crippen molar-refractivity contribution in [1.82, 2.24) is 0 Å². The van der Waals surface area contributed by atoms with Crippen LogP contribution in [0.25, 0.3) is 0 Å². The van der Waals surface area contributed by atoms with Gasteiger partial charge in [-0.25, -0.2) is 0 Å². The Morgan fingerprint density at radius 2 is 2.33 bits per heavy atom. The highest BCUT2D eigenvalue weighted by atomic mass is 16.7. The zero-order chi connectivity index (χ0) is 10.8. The Bertz CT molecular complexity index is 387. The number of ether oxygens (including phenoxy) is 3. The lowest BCUT2D eigenvalue weighted by Gasteiger charge is -2.20. The van der Waals surface area contributed by atoms with Gasteiger partial charge in [0.2, 0.25) is 0 Å². The van der Waals surface area contributed by atoms with Crippen molar-refractivity contribution in [3.8, 4) is 11.5 Å². The molecule has 0 unspecified atom stereocenters. The van der Waals surface area contributed by atoms with Crippen LogP contribution in [-0.4, -0.2) is 19.7 Å². The summed E-state index contributed by atoms with van der Waals surface area (Å²) in [6.07, 6.45) is 0. The zero-order valence-electron chi connectivity index (χ0n) is 8.37. The first-order valence-electron chi connectivity index (χ1n) is 4.48. The van der Waals surface area contributed by atoms with E-state index in [9.17, 15) is 0 Å². The molecule has 80 valence electrons. The Balaban J connectivity index is 2.52. The first kappa shape index (κ1) is 9.79. The quantitative estimate of drug-likeness (QED) is 0.557. The van der Waals surface area contributed by atoms with Gasteiger partial charge in [-0.15, -0.1) is 0 Å². The second-order valence-corrected chi connectivity index (χ2v) is 3.19. The number of nitrogen functional groups attached to an aromatic ring is 1.